The maximum Gasteiger partial charge on any atom is 0.160 e. The van der Waals surface area contributed by atoms with E-state index in [-0.39, 0.29) is 0 Å². The second kappa shape index (κ2) is 14.1. The number of hydrogen-bond acceptors (Lipinski definition) is 7. The summed E-state index contributed by atoms with van der Waals surface area (Å²) in [6.45, 7) is 0. The van der Waals surface area contributed by atoms with Gasteiger partial charge in [0.1, 0.15) is 11.0 Å². The van der Waals surface area contributed by atoms with Gasteiger partial charge in [-0.1, -0.05) is 152 Å². The van der Waals surface area contributed by atoms with Gasteiger partial charge in [-0.2, -0.15) is 8.75 Å². The van der Waals surface area contributed by atoms with Crippen LogP contribution in [-0.4, -0.2) is 23.7 Å². The van der Waals surface area contributed by atoms with Gasteiger partial charge >= 0.3 is 0 Å². The molecule has 8 aromatic carbocycles. The van der Waals surface area contributed by atoms with E-state index in [9.17, 15) is 0 Å². The summed E-state index contributed by atoms with van der Waals surface area (Å²) in [5.41, 5.74) is 14.0. The number of thiophene rings is 1. The molecular formula is C53H31N5S2. The molecule has 12 rings (SSSR count). The van der Waals surface area contributed by atoms with E-state index in [2.05, 4.69) is 162 Å². The topological polar surface area (TPSA) is 64.5 Å². The summed E-state index contributed by atoms with van der Waals surface area (Å²) >= 11 is 3.10. The smallest absolute Gasteiger partial charge is 0.160 e. The fourth-order valence-electron chi connectivity index (χ4n) is 8.45. The normalized spacial score (nSPS) is 11.7. The lowest BCUT2D eigenvalue weighted by atomic mass is 9.96. The standard InChI is InChI=1S/C53H31N5S2/c1-3-11-34(12-4-1)50-43-27-28-44-51(58-60-57-44)49(43)42-26-25-37(30-47(42)54-50)36-15-9-16-38(29-36)46-31-45(55-53(56-46)35-13-5-2-6-14-35)33-23-21-32(22-24-33)39-18-10-19-41-40-17-7-8-20-48(40)59-52(39)41/h1-31H. The van der Waals surface area contributed by atoms with Crippen LogP contribution in [0.3, 0.4) is 0 Å². The highest BCUT2D eigenvalue weighted by molar-refractivity contribution is 7.26. The van der Waals surface area contributed by atoms with Crippen LogP contribution in [0, 0.1) is 0 Å². The molecule has 0 saturated heterocycles. The van der Waals surface area contributed by atoms with Crippen molar-refractivity contribution in [1.82, 2.24) is 23.7 Å². The maximum absolute atomic E-state index is 5.31. The highest BCUT2D eigenvalue weighted by Gasteiger charge is 2.17. The average molecular weight is 802 g/mol. The van der Waals surface area contributed by atoms with Gasteiger partial charge in [-0.3, -0.25) is 0 Å². The summed E-state index contributed by atoms with van der Waals surface area (Å²) in [7, 11) is 0. The van der Waals surface area contributed by atoms with Crippen LogP contribution in [-0.2, 0) is 0 Å². The molecule has 0 fully saturated rings. The SMILES string of the molecule is c1ccc(-c2nc(-c3ccc(-c4cccc5c4sc4ccccc45)cc3)cc(-c3cccc(-c4ccc5c(c4)nc(-c4ccccc4)c4ccc6nsnc6c45)c3)n2)cc1. The molecule has 0 aliphatic rings. The van der Waals surface area contributed by atoms with Gasteiger partial charge in [0.15, 0.2) is 5.82 Å². The van der Waals surface area contributed by atoms with Crippen molar-refractivity contribution in [3.8, 4) is 67.4 Å². The highest BCUT2D eigenvalue weighted by atomic mass is 32.1. The Kier molecular flexibility index (Phi) is 8.14. The first-order chi connectivity index (χ1) is 29.7. The average Bonchev–Trinajstić information content (AvgIpc) is 3.97. The molecule has 0 N–H and O–H groups in total. The van der Waals surface area contributed by atoms with E-state index < -0.39 is 0 Å². The van der Waals surface area contributed by atoms with Crippen LogP contribution >= 0.6 is 23.1 Å². The fraction of sp³-hybridized carbons (Fsp3) is 0. The third-order valence-corrected chi connectivity index (χ3v) is 13.1. The zero-order valence-electron chi connectivity index (χ0n) is 32.0. The Labute approximate surface area is 353 Å². The molecule has 0 spiro atoms. The lowest BCUT2D eigenvalue weighted by Crippen LogP contribution is -1.96. The fourth-order valence-corrected chi connectivity index (χ4v) is 10.2. The summed E-state index contributed by atoms with van der Waals surface area (Å²) in [6, 6.07) is 66.2. The van der Waals surface area contributed by atoms with Crippen molar-refractivity contribution >= 4 is 75.9 Å². The zero-order chi connectivity index (χ0) is 39.6. The van der Waals surface area contributed by atoms with Crippen molar-refractivity contribution in [2.24, 2.45) is 0 Å². The van der Waals surface area contributed by atoms with E-state index in [1.165, 1.54) is 43.0 Å². The number of hydrogen-bond donors (Lipinski definition) is 0. The predicted octanol–water partition coefficient (Wildman–Crippen LogP) is 14.6. The quantitative estimate of drug-likeness (QED) is 0.157. The third kappa shape index (κ3) is 5.86. The molecular weight excluding hydrogens is 771 g/mol. The van der Waals surface area contributed by atoms with Crippen LogP contribution in [0.15, 0.2) is 188 Å². The molecule has 0 saturated carbocycles. The Balaban J connectivity index is 0.960. The van der Waals surface area contributed by atoms with Crippen molar-refractivity contribution in [1.29, 1.82) is 0 Å². The molecule has 0 unspecified atom stereocenters. The minimum absolute atomic E-state index is 0.686. The Morgan fingerprint density at radius 1 is 0.367 bits per heavy atom. The lowest BCUT2D eigenvalue weighted by Gasteiger charge is -2.13. The predicted molar refractivity (Wildman–Crippen MR) is 251 cm³/mol. The molecule has 7 heteroatoms. The van der Waals surface area contributed by atoms with Gasteiger partial charge in [0.2, 0.25) is 0 Å². The number of aromatic nitrogens is 5. The van der Waals surface area contributed by atoms with Crippen LogP contribution in [0.1, 0.15) is 0 Å². The van der Waals surface area contributed by atoms with Gasteiger partial charge in [0.25, 0.3) is 0 Å². The van der Waals surface area contributed by atoms with Crippen LogP contribution in [0.4, 0.5) is 0 Å². The van der Waals surface area contributed by atoms with Crippen LogP contribution in [0.5, 0.6) is 0 Å². The molecule has 0 aliphatic heterocycles. The Hall–Kier alpha value is -7.45. The number of fused-ring (bicyclic) bond motifs is 8. The molecule has 0 radical (unpaired) electrons. The van der Waals surface area contributed by atoms with Crippen LogP contribution in [0.25, 0.3) is 120 Å². The largest absolute Gasteiger partial charge is 0.247 e. The molecule has 60 heavy (non-hydrogen) atoms. The van der Waals surface area contributed by atoms with E-state index in [0.29, 0.717) is 5.82 Å². The van der Waals surface area contributed by atoms with Gasteiger partial charge in [-0.15, -0.1) is 11.3 Å². The van der Waals surface area contributed by atoms with Gasteiger partial charge in [0.05, 0.1) is 34.3 Å². The van der Waals surface area contributed by atoms with E-state index in [1.807, 2.05) is 41.7 Å². The molecule has 4 aromatic heterocycles. The van der Waals surface area contributed by atoms with E-state index in [0.717, 1.165) is 83.2 Å². The molecule has 0 atom stereocenters. The number of pyridine rings is 1. The molecule has 0 aliphatic carbocycles. The third-order valence-electron chi connectivity index (χ3n) is 11.4. The summed E-state index contributed by atoms with van der Waals surface area (Å²) in [6.07, 6.45) is 0. The molecule has 280 valence electrons. The molecule has 0 amide bonds. The van der Waals surface area contributed by atoms with Gasteiger partial charge < -0.3 is 0 Å². The molecule has 12 aromatic rings. The van der Waals surface area contributed by atoms with Crippen LogP contribution < -0.4 is 0 Å². The summed E-state index contributed by atoms with van der Waals surface area (Å²) in [5.74, 6) is 0.686. The van der Waals surface area contributed by atoms with Gasteiger partial charge in [0, 0.05) is 58.6 Å². The summed E-state index contributed by atoms with van der Waals surface area (Å²) < 4.78 is 11.9. The molecule has 5 nitrogen and oxygen atoms in total. The monoisotopic (exact) mass is 801 g/mol. The first kappa shape index (κ1) is 34.6. The second-order valence-corrected chi connectivity index (χ2v) is 16.5. The first-order valence-corrected chi connectivity index (χ1v) is 21.4. The summed E-state index contributed by atoms with van der Waals surface area (Å²) in [4.78, 5) is 15.6. The summed E-state index contributed by atoms with van der Waals surface area (Å²) in [5, 5.41) is 5.81. The van der Waals surface area contributed by atoms with Crippen molar-refractivity contribution in [2.75, 3.05) is 0 Å². The van der Waals surface area contributed by atoms with Crippen molar-refractivity contribution in [3.63, 3.8) is 0 Å². The highest BCUT2D eigenvalue weighted by Crippen LogP contribution is 2.41. The zero-order valence-corrected chi connectivity index (χ0v) is 33.6. The minimum Gasteiger partial charge on any atom is -0.247 e. The first-order valence-electron chi connectivity index (χ1n) is 19.8. The Morgan fingerprint density at radius 2 is 1.02 bits per heavy atom. The van der Waals surface area contributed by atoms with E-state index in [1.54, 1.807) is 0 Å². The minimum atomic E-state index is 0.686. The van der Waals surface area contributed by atoms with Gasteiger partial charge in [-0.25, -0.2) is 15.0 Å². The lowest BCUT2D eigenvalue weighted by molar-refractivity contribution is 1.18. The number of nitrogens with zero attached hydrogens (tertiary/aromatic N) is 5. The Morgan fingerprint density at radius 3 is 1.87 bits per heavy atom. The Bertz CT molecular complexity index is 3600. The van der Waals surface area contributed by atoms with Crippen molar-refractivity contribution in [3.05, 3.63) is 188 Å². The molecule has 0 bridgehead atoms. The molecule has 4 heterocycles. The van der Waals surface area contributed by atoms with Crippen molar-refractivity contribution < 1.29 is 0 Å². The number of rotatable bonds is 6. The number of benzene rings is 8. The van der Waals surface area contributed by atoms with E-state index in [4.69, 9.17) is 19.3 Å². The van der Waals surface area contributed by atoms with Gasteiger partial charge in [-0.05, 0) is 58.7 Å². The van der Waals surface area contributed by atoms with Crippen LogP contribution in [0.2, 0.25) is 0 Å². The van der Waals surface area contributed by atoms with E-state index >= 15 is 0 Å². The second-order valence-electron chi connectivity index (χ2n) is 14.9. The van der Waals surface area contributed by atoms with Crippen molar-refractivity contribution in [2.45, 2.75) is 0 Å². The maximum atomic E-state index is 5.31.